The minimum absolute atomic E-state index is 0.0937. The van der Waals surface area contributed by atoms with Crippen LogP contribution in [-0.2, 0) is 11.2 Å². The summed E-state index contributed by atoms with van der Waals surface area (Å²) in [6, 6.07) is 7.66. The van der Waals surface area contributed by atoms with Gasteiger partial charge in [-0.25, -0.2) is 0 Å². The standard InChI is InChI=1S/C14H17NO3S/c1-3-15-13(16)12(19-14(15)17)9-10-7-5-6-8-11(10)18-4-2/h5-8,12H,3-4,9H2,1-2H3/t12-/m1/s1. The second-order valence-electron chi connectivity index (χ2n) is 4.20. The third-order valence-electron chi connectivity index (χ3n) is 3.00. The summed E-state index contributed by atoms with van der Waals surface area (Å²) in [7, 11) is 0. The number of rotatable bonds is 5. The summed E-state index contributed by atoms with van der Waals surface area (Å²) < 4.78 is 5.54. The summed E-state index contributed by atoms with van der Waals surface area (Å²) >= 11 is 1.11. The Hall–Kier alpha value is -1.49. The Morgan fingerprint density at radius 1 is 1.26 bits per heavy atom. The number of imide groups is 1. The van der Waals surface area contributed by atoms with Crippen molar-refractivity contribution in [2.45, 2.75) is 25.5 Å². The molecule has 1 heterocycles. The van der Waals surface area contributed by atoms with E-state index in [2.05, 4.69) is 0 Å². The average Bonchev–Trinajstić information content (AvgIpc) is 2.67. The van der Waals surface area contributed by atoms with Gasteiger partial charge >= 0.3 is 0 Å². The van der Waals surface area contributed by atoms with Crippen LogP contribution in [0.2, 0.25) is 0 Å². The second kappa shape index (κ2) is 6.10. The fourth-order valence-electron chi connectivity index (χ4n) is 2.08. The number of benzene rings is 1. The topological polar surface area (TPSA) is 46.6 Å². The van der Waals surface area contributed by atoms with E-state index in [0.717, 1.165) is 23.1 Å². The van der Waals surface area contributed by atoms with E-state index in [1.54, 1.807) is 0 Å². The van der Waals surface area contributed by atoms with Gasteiger partial charge in [-0.1, -0.05) is 30.0 Å². The van der Waals surface area contributed by atoms with Crippen LogP contribution in [0.4, 0.5) is 4.79 Å². The molecular weight excluding hydrogens is 262 g/mol. The number of carbonyl (C=O) groups excluding carboxylic acids is 2. The zero-order valence-electron chi connectivity index (χ0n) is 11.1. The van der Waals surface area contributed by atoms with Crippen LogP contribution in [0.15, 0.2) is 24.3 Å². The number of para-hydroxylation sites is 1. The highest BCUT2D eigenvalue weighted by Crippen LogP contribution is 2.31. The number of hydrogen-bond donors (Lipinski definition) is 0. The lowest BCUT2D eigenvalue weighted by Crippen LogP contribution is -2.31. The summed E-state index contributed by atoms with van der Waals surface area (Å²) in [6.45, 7) is 4.76. The Labute approximate surface area is 117 Å². The van der Waals surface area contributed by atoms with E-state index in [4.69, 9.17) is 4.74 Å². The molecule has 2 rings (SSSR count). The molecule has 4 nitrogen and oxygen atoms in total. The molecule has 0 spiro atoms. The molecule has 2 amide bonds. The van der Waals surface area contributed by atoms with E-state index in [9.17, 15) is 9.59 Å². The largest absolute Gasteiger partial charge is 0.494 e. The van der Waals surface area contributed by atoms with E-state index >= 15 is 0 Å². The molecule has 0 radical (unpaired) electrons. The Morgan fingerprint density at radius 3 is 2.63 bits per heavy atom. The quantitative estimate of drug-likeness (QED) is 0.831. The van der Waals surface area contributed by atoms with Gasteiger partial charge in [0.25, 0.3) is 5.24 Å². The van der Waals surface area contributed by atoms with E-state index < -0.39 is 0 Å². The van der Waals surface area contributed by atoms with Crippen LogP contribution < -0.4 is 4.74 Å². The predicted molar refractivity (Wildman–Crippen MR) is 75.5 cm³/mol. The summed E-state index contributed by atoms with van der Waals surface area (Å²) in [5, 5.41) is -0.472. The fourth-order valence-corrected chi connectivity index (χ4v) is 3.16. The lowest BCUT2D eigenvalue weighted by Gasteiger charge is -2.13. The van der Waals surface area contributed by atoms with E-state index in [-0.39, 0.29) is 16.4 Å². The van der Waals surface area contributed by atoms with Gasteiger partial charge in [-0.05, 0) is 31.9 Å². The van der Waals surface area contributed by atoms with Crippen LogP contribution in [0.1, 0.15) is 19.4 Å². The number of thioether (sulfide) groups is 1. The third kappa shape index (κ3) is 2.92. The first kappa shape index (κ1) is 13.9. The maximum absolute atomic E-state index is 12.1. The number of hydrogen-bond acceptors (Lipinski definition) is 4. The molecule has 0 aromatic heterocycles. The molecule has 1 saturated heterocycles. The Kier molecular flexibility index (Phi) is 4.47. The number of amides is 2. The van der Waals surface area contributed by atoms with Gasteiger partial charge < -0.3 is 4.74 Å². The van der Waals surface area contributed by atoms with Gasteiger partial charge in [-0.2, -0.15) is 0 Å². The molecule has 0 aliphatic carbocycles. The van der Waals surface area contributed by atoms with Gasteiger partial charge in [0.05, 0.1) is 11.9 Å². The van der Waals surface area contributed by atoms with Crippen LogP contribution in [0.25, 0.3) is 0 Å². The van der Waals surface area contributed by atoms with Crippen molar-refractivity contribution in [3.63, 3.8) is 0 Å². The zero-order valence-corrected chi connectivity index (χ0v) is 11.9. The van der Waals surface area contributed by atoms with Crippen molar-refractivity contribution >= 4 is 22.9 Å². The number of carbonyl (C=O) groups is 2. The molecule has 0 bridgehead atoms. The maximum atomic E-state index is 12.1. The van der Waals surface area contributed by atoms with Gasteiger partial charge in [-0.3, -0.25) is 14.5 Å². The minimum atomic E-state index is -0.325. The van der Waals surface area contributed by atoms with Crippen molar-refractivity contribution in [1.29, 1.82) is 0 Å². The Bertz CT molecular complexity index is 489. The molecule has 0 N–H and O–H groups in total. The molecule has 1 aromatic rings. The van der Waals surface area contributed by atoms with Crippen LogP contribution in [0.3, 0.4) is 0 Å². The van der Waals surface area contributed by atoms with Crippen molar-refractivity contribution < 1.29 is 14.3 Å². The molecule has 1 atom stereocenters. The second-order valence-corrected chi connectivity index (χ2v) is 5.35. The lowest BCUT2D eigenvalue weighted by atomic mass is 10.1. The molecule has 1 aliphatic rings. The van der Waals surface area contributed by atoms with Gasteiger partial charge in [0, 0.05) is 6.54 Å². The third-order valence-corrected chi connectivity index (χ3v) is 4.07. The van der Waals surface area contributed by atoms with E-state index in [1.807, 2.05) is 38.1 Å². The lowest BCUT2D eigenvalue weighted by molar-refractivity contribution is -0.126. The predicted octanol–water partition coefficient (Wildman–Crippen LogP) is 2.71. The van der Waals surface area contributed by atoms with Crippen molar-refractivity contribution in [3.8, 4) is 5.75 Å². The normalized spacial score (nSPS) is 19.1. The first-order valence-corrected chi connectivity index (χ1v) is 7.28. The van der Waals surface area contributed by atoms with Crippen LogP contribution >= 0.6 is 11.8 Å². The van der Waals surface area contributed by atoms with Gasteiger partial charge in [-0.15, -0.1) is 0 Å². The molecule has 19 heavy (non-hydrogen) atoms. The Morgan fingerprint density at radius 2 is 2.00 bits per heavy atom. The molecular formula is C14H17NO3S. The van der Waals surface area contributed by atoms with Crippen LogP contribution in [0.5, 0.6) is 5.75 Å². The van der Waals surface area contributed by atoms with Crippen molar-refractivity contribution in [2.75, 3.05) is 13.2 Å². The molecule has 5 heteroatoms. The highest BCUT2D eigenvalue weighted by molar-refractivity contribution is 8.15. The summed E-state index contributed by atoms with van der Waals surface area (Å²) in [4.78, 5) is 25.0. The zero-order chi connectivity index (χ0) is 13.8. The highest BCUT2D eigenvalue weighted by Gasteiger charge is 2.38. The molecule has 1 aliphatic heterocycles. The minimum Gasteiger partial charge on any atom is -0.494 e. The molecule has 102 valence electrons. The van der Waals surface area contributed by atoms with Crippen molar-refractivity contribution in [3.05, 3.63) is 29.8 Å². The maximum Gasteiger partial charge on any atom is 0.289 e. The molecule has 0 unspecified atom stereocenters. The van der Waals surface area contributed by atoms with E-state index in [0.29, 0.717) is 19.6 Å². The summed E-state index contributed by atoms with van der Waals surface area (Å²) in [6.07, 6.45) is 0.530. The van der Waals surface area contributed by atoms with Crippen molar-refractivity contribution in [1.82, 2.24) is 4.90 Å². The van der Waals surface area contributed by atoms with Crippen LogP contribution in [0, 0.1) is 0 Å². The van der Waals surface area contributed by atoms with Gasteiger partial charge in [0.15, 0.2) is 0 Å². The van der Waals surface area contributed by atoms with Crippen LogP contribution in [-0.4, -0.2) is 34.4 Å². The number of ether oxygens (including phenoxy) is 1. The molecule has 1 fully saturated rings. The molecule has 0 saturated carbocycles. The van der Waals surface area contributed by atoms with Gasteiger partial charge in [0.1, 0.15) is 5.75 Å². The SMILES string of the molecule is CCOc1ccccc1C[C@H]1SC(=O)N(CC)C1=O. The highest BCUT2D eigenvalue weighted by atomic mass is 32.2. The summed E-state index contributed by atoms with van der Waals surface area (Å²) in [5.74, 6) is 0.699. The number of nitrogens with zero attached hydrogens (tertiary/aromatic N) is 1. The van der Waals surface area contributed by atoms with E-state index in [1.165, 1.54) is 4.90 Å². The smallest absolute Gasteiger partial charge is 0.289 e. The first-order valence-electron chi connectivity index (χ1n) is 6.40. The fraction of sp³-hybridized carbons (Fsp3) is 0.429. The first-order chi connectivity index (χ1) is 9.17. The Balaban J connectivity index is 2.14. The summed E-state index contributed by atoms with van der Waals surface area (Å²) in [5.41, 5.74) is 0.973. The average molecular weight is 279 g/mol. The van der Waals surface area contributed by atoms with Gasteiger partial charge in [0.2, 0.25) is 5.91 Å². The molecule has 1 aromatic carbocycles. The monoisotopic (exact) mass is 279 g/mol. The van der Waals surface area contributed by atoms with Crippen molar-refractivity contribution in [2.24, 2.45) is 0 Å².